The highest BCUT2D eigenvalue weighted by molar-refractivity contribution is 14.1. The minimum absolute atomic E-state index is 0.0755. The largest absolute Gasteiger partial charge is 0.492 e. The lowest BCUT2D eigenvalue weighted by Crippen LogP contribution is -2.41. The summed E-state index contributed by atoms with van der Waals surface area (Å²) in [7, 11) is 4.79. The van der Waals surface area contributed by atoms with Crippen LogP contribution in [0.15, 0.2) is 27.9 Å². The van der Waals surface area contributed by atoms with Gasteiger partial charge in [-0.1, -0.05) is 6.07 Å². The Hall–Kier alpha value is -2.14. The third kappa shape index (κ3) is 4.82. The molecule has 2 amide bonds. The van der Waals surface area contributed by atoms with Crippen LogP contribution in [0.2, 0.25) is 0 Å². The van der Waals surface area contributed by atoms with Gasteiger partial charge in [0.2, 0.25) is 5.75 Å². The first-order valence-corrected chi connectivity index (χ1v) is 13.4. The highest BCUT2D eigenvalue weighted by Crippen LogP contribution is 2.52. The molecule has 0 bridgehead atoms. The summed E-state index contributed by atoms with van der Waals surface area (Å²) >= 11 is 3.68. The van der Waals surface area contributed by atoms with E-state index in [2.05, 4.69) is 27.9 Å². The second kappa shape index (κ2) is 11.5. The predicted octanol–water partition coefficient (Wildman–Crippen LogP) is 5.10. The minimum Gasteiger partial charge on any atom is -0.492 e. The molecule has 7 nitrogen and oxygen atoms in total. The number of halogens is 1. The van der Waals surface area contributed by atoms with Crippen LogP contribution in [0, 0.1) is 3.57 Å². The van der Waals surface area contributed by atoms with Gasteiger partial charge in [0.05, 0.1) is 35.8 Å². The smallest absolute Gasteiger partial charge is 0.317 e. The number of ether oxygens (including phenoxy) is 3. The van der Waals surface area contributed by atoms with Gasteiger partial charge < -0.3 is 24.4 Å². The van der Waals surface area contributed by atoms with Crippen molar-refractivity contribution in [2.75, 3.05) is 40.7 Å². The number of carbonyl (C=O) groups is 1. The number of nitrogens with zero attached hydrogens (tertiary/aromatic N) is 1. The van der Waals surface area contributed by atoms with Gasteiger partial charge in [-0.15, -0.1) is 11.8 Å². The molecule has 0 radical (unpaired) electrons. The van der Waals surface area contributed by atoms with Gasteiger partial charge in [-0.2, -0.15) is 0 Å². The highest BCUT2D eigenvalue weighted by atomic mass is 127. The van der Waals surface area contributed by atoms with Crippen LogP contribution in [0.5, 0.6) is 17.2 Å². The van der Waals surface area contributed by atoms with Crippen molar-refractivity contribution in [3.63, 3.8) is 0 Å². The molecule has 0 unspecified atom stereocenters. The molecule has 0 spiro atoms. The quantitative estimate of drug-likeness (QED) is 0.353. The monoisotopic (exact) mass is 598 g/mol. The van der Waals surface area contributed by atoms with Crippen LogP contribution in [0.25, 0.3) is 11.1 Å². The average Bonchev–Trinajstić information content (AvgIpc) is 3.08. The van der Waals surface area contributed by atoms with Crippen molar-refractivity contribution in [1.82, 2.24) is 10.2 Å². The minimum atomic E-state index is -0.345. The number of benzene rings is 1. The summed E-state index contributed by atoms with van der Waals surface area (Å²) in [6.45, 7) is 5.11. The van der Waals surface area contributed by atoms with Crippen LogP contribution in [-0.4, -0.2) is 51.6 Å². The summed E-state index contributed by atoms with van der Waals surface area (Å²) in [5.41, 5.74) is 3.44. The first-order valence-electron chi connectivity index (χ1n) is 11.1. The van der Waals surface area contributed by atoms with Crippen LogP contribution in [-0.2, 0) is 6.42 Å². The number of hydrogen-bond acceptors (Lipinski definition) is 6. The summed E-state index contributed by atoms with van der Waals surface area (Å²) < 4.78 is 18.2. The topological polar surface area (TPSA) is 77.1 Å². The fraction of sp³-hybridized carbons (Fsp3) is 0.440. The van der Waals surface area contributed by atoms with E-state index in [4.69, 9.17) is 14.2 Å². The Morgan fingerprint density at radius 2 is 1.76 bits per heavy atom. The fourth-order valence-electron chi connectivity index (χ4n) is 4.44. The Morgan fingerprint density at radius 3 is 2.32 bits per heavy atom. The second-order valence-electron chi connectivity index (χ2n) is 7.76. The summed E-state index contributed by atoms with van der Waals surface area (Å²) in [5, 5.41) is 3.18. The van der Waals surface area contributed by atoms with Gasteiger partial charge >= 0.3 is 6.03 Å². The summed E-state index contributed by atoms with van der Waals surface area (Å²) in [4.78, 5) is 28.4. The number of rotatable bonds is 7. The molecule has 3 rings (SSSR count). The van der Waals surface area contributed by atoms with Crippen molar-refractivity contribution in [2.45, 2.75) is 37.6 Å². The molecular weight excluding hydrogens is 567 g/mol. The van der Waals surface area contributed by atoms with Crippen molar-refractivity contribution in [1.29, 1.82) is 0 Å². The molecule has 0 heterocycles. The molecule has 0 saturated heterocycles. The molecule has 1 atom stereocenters. The number of hydrogen-bond donors (Lipinski definition) is 1. The molecule has 0 aromatic heterocycles. The summed E-state index contributed by atoms with van der Waals surface area (Å²) in [6.07, 6.45) is 3.17. The number of urea groups is 1. The number of methoxy groups -OCH3 is 3. The number of amides is 2. The van der Waals surface area contributed by atoms with Crippen LogP contribution in [0.1, 0.15) is 37.4 Å². The Labute approximate surface area is 218 Å². The van der Waals surface area contributed by atoms with E-state index in [1.54, 1.807) is 32.3 Å². The zero-order chi connectivity index (χ0) is 25.0. The molecule has 0 saturated carbocycles. The summed E-state index contributed by atoms with van der Waals surface area (Å²) in [6, 6.07) is 4.96. The third-order valence-corrected chi connectivity index (χ3v) is 8.07. The van der Waals surface area contributed by atoms with E-state index in [-0.39, 0.29) is 17.5 Å². The van der Waals surface area contributed by atoms with E-state index < -0.39 is 0 Å². The Balaban J connectivity index is 2.36. The van der Waals surface area contributed by atoms with Gasteiger partial charge in [0.15, 0.2) is 16.9 Å². The summed E-state index contributed by atoms with van der Waals surface area (Å²) in [5.74, 6) is 1.67. The van der Waals surface area contributed by atoms with Crippen LogP contribution in [0.3, 0.4) is 0 Å². The Bertz CT molecular complexity index is 1140. The molecule has 1 aliphatic rings. The van der Waals surface area contributed by atoms with Crippen LogP contribution < -0.4 is 25.0 Å². The van der Waals surface area contributed by atoms with Gasteiger partial charge in [-0.25, -0.2) is 4.79 Å². The van der Waals surface area contributed by atoms with Gasteiger partial charge in [0.1, 0.15) is 0 Å². The van der Waals surface area contributed by atoms with Gasteiger partial charge in [-0.05, 0) is 84.4 Å². The van der Waals surface area contributed by atoms with Gasteiger partial charge in [0, 0.05) is 18.7 Å². The molecule has 0 aliphatic heterocycles. The van der Waals surface area contributed by atoms with Crippen molar-refractivity contribution in [3.8, 4) is 28.4 Å². The molecule has 0 fully saturated rings. The van der Waals surface area contributed by atoms with Gasteiger partial charge in [0.25, 0.3) is 0 Å². The molecular formula is C25H31IN2O5S. The van der Waals surface area contributed by atoms with E-state index in [9.17, 15) is 9.59 Å². The Kier molecular flexibility index (Phi) is 8.97. The highest BCUT2D eigenvalue weighted by Gasteiger charge is 2.32. The van der Waals surface area contributed by atoms with Crippen molar-refractivity contribution >= 4 is 40.4 Å². The lowest BCUT2D eigenvalue weighted by atomic mass is 9.95. The number of nitrogens with one attached hydrogen (secondary N) is 1. The van der Waals surface area contributed by atoms with E-state index in [1.807, 2.05) is 32.2 Å². The second-order valence-corrected chi connectivity index (χ2v) is 9.69. The average molecular weight is 599 g/mol. The maximum atomic E-state index is 13.0. The predicted molar refractivity (Wildman–Crippen MR) is 145 cm³/mol. The SMILES string of the molecule is CCN(CC)C(=O)N[C@H]1CCc2c(I)c(OC)c(OC)c(OC)c2-c2ccc(SC)c(=O)cc21. The lowest BCUT2D eigenvalue weighted by Gasteiger charge is -2.24. The molecule has 1 N–H and O–H groups in total. The Morgan fingerprint density at radius 1 is 1.12 bits per heavy atom. The molecule has 2 aromatic carbocycles. The van der Waals surface area contributed by atoms with Crippen LogP contribution in [0.4, 0.5) is 4.79 Å². The first-order chi connectivity index (χ1) is 16.4. The lowest BCUT2D eigenvalue weighted by molar-refractivity contribution is 0.198. The van der Waals surface area contributed by atoms with E-state index >= 15 is 0 Å². The number of carbonyl (C=O) groups excluding carboxylic acids is 1. The fourth-order valence-corrected chi connectivity index (χ4v) is 5.91. The molecule has 1 aliphatic carbocycles. The van der Waals surface area contributed by atoms with Crippen molar-refractivity contribution in [3.05, 3.63) is 43.1 Å². The standard InChI is InChI=1S/C25H31IN2O5S/c1-7-28(8-2)25(30)27-17-11-9-15-20(14-10-12-19(34-6)18(29)13-16(14)17)22(31-3)24(33-5)23(32-4)21(15)26/h10,12-13,17H,7-9,11H2,1-6H3,(H,27,30)/t17-/m0/s1. The molecule has 9 heteroatoms. The molecule has 184 valence electrons. The zero-order valence-corrected chi connectivity index (χ0v) is 23.4. The van der Waals surface area contributed by atoms with Crippen molar-refractivity contribution in [2.24, 2.45) is 0 Å². The molecule has 34 heavy (non-hydrogen) atoms. The zero-order valence-electron chi connectivity index (χ0n) is 20.4. The van der Waals surface area contributed by atoms with E-state index in [1.165, 1.54) is 11.8 Å². The normalized spacial score (nSPS) is 14.4. The van der Waals surface area contributed by atoms with Gasteiger partial charge in [-0.3, -0.25) is 4.79 Å². The number of thioether (sulfide) groups is 1. The van der Waals surface area contributed by atoms with E-state index in [0.717, 1.165) is 25.8 Å². The third-order valence-electron chi connectivity index (χ3n) is 6.16. The first kappa shape index (κ1) is 26.5. The maximum Gasteiger partial charge on any atom is 0.317 e. The van der Waals surface area contributed by atoms with E-state index in [0.29, 0.717) is 48.1 Å². The maximum absolute atomic E-state index is 13.0. The van der Waals surface area contributed by atoms with Crippen molar-refractivity contribution < 1.29 is 19.0 Å². The number of fused-ring (bicyclic) bond motifs is 3. The molecule has 2 aromatic rings. The van der Waals surface area contributed by atoms with Crippen LogP contribution >= 0.6 is 34.4 Å².